The lowest BCUT2D eigenvalue weighted by molar-refractivity contribution is 0.408. The maximum atomic E-state index is 4.69. The van der Waals surface area contributed by atoms with Crippen LogP contribution in [0.5, 0.6) is 0 Å². The van der Waals surface area contributed by atoms with Crippen LogP contribution in [0.1, 0.15) is 34.1 Å². The van der Waals surface area contributed by atoms with Crippen LogP contribution >= 0.6 is 11.3 Å². The number of hydrogen-bond acceptors (Lipinski definition) is 5. The Balaban J connectivity index is 1.85. The normalized spacial score (nSPS) is 12.9. The monoisotopic (exact) mass is 251 g/mol. The quantitative estimate of drug-likeness (QED) is 0.887. The molecule has 0 aromatic carbocycles. The molecule has 5 heteroatoms. The number of hydrogen-bond donors (Lipinski definition) is 1. The summed E-state index contributed by atoms with van der Waals surface area (Å²) >= 11 is 1.85. The Morgan fingerprint density at radius 3 is 2.88 bits per heavy atom. The molecule has 0 fully saturated rings. The molecule has 0 saturated heterocycles. The standard InChI is InChI=1S/C12H17N3OS/c1-8-6-11(10(3)17-8)9(2)13-5-4-12-14-7-16-15-12/h6-7,9,13H,4-5H2,1-3H3. The highest BCUT2D eigenvalue weighted by Crippen LogP contribution is 2.25. The van der Waals surface area contributed by atoms with Gasteiger partial charge in [0.2, 0.25) is 6.39 Å². The van der Waals surface area contributed by atoms with Gasteiger partial charge in [0.05, 0.1) is 0 Å². The van der Waals surface area contributed by atoms with Gasteiger partial charge in [-0.1, -0.05) is 5.16 Å². The third kappa shape index (κ3) is 3.14. The molecule has 4 nitrogen and oxygen atoms in total. The first-order valence-corrected chi connectivity index (χ1v) is 6.54. The zero-order chi connectivity index (χ0) is 12.3. The number of nitrogens with one attached hydrogen (secondary N) is 1. The third-order valence-corrected chi connectivity index (χ3v) is 3.73. The Kier molecular flexibility index (Phi) is 3.91. The molecule has 2 heterocycles. The fourth-order valence-electron chi connectivity index (χ4n) is 1.89. The van der Waals surface area contributed by atoms with E-state index in [4.69, 9.17) is 4.52 Å². The van der Waals surface area contributed by atoms with E-state index in [0.29, 0.717) is 6.04 Å². The summed E-state index contributed by atoms with van der Waals surface area (Å²) in [5, 5.41) is 7.26. The second-order valence-electron chi connectivity index (χ2n) is 4.14. The van der Waals surface area contributed by atoms with Gasteiger partial charge in [0.1, 0.15) is 0 Å². The molecule has 0 aliphatic carbocycles. The molecule has 0 spiro atoms. The molecule has 2 rings (SSSR count). The third-order valence-electron chi connectivity index (χ3n) is 2.75. The van der Waals surface area contributed by atoms with Crippen LogP contribution in [-0.4, -0.2) is 16.7 Å². The average Bonchev–Trinajstić information content (AvgIpc) is 2.88. The van der Waals surface area contributed by atoms with Gasteiger partial charge in [-0.3, -0.25) is 0 Å². The van der Waals surface area contributed by atoms with Crippen molar-refractivity contribution in [3.8, 4) is 0 Å². The molecular formula is C12H17N3OS. The summed E-state index contributed by atoms with van der Waals surface area (Å²) in [7, 11) is 0. The molecule has 1 N–H and O–H groups in total. The van der Waals surface area contributed by atoms with E-state index in [0.717, 1.165) is 18.8 Å². The van der Waals surface area contributed by atoms with E-state index < -0.39 is 0 Å². The second kappa shape index (κ2) is 5.42. The highest BCUT2D eigenvalue weighted by atomic mass is 32.1. The van der Waals surface area contributed by atoms with Crippen LogP contribution in [0.3, 0.4) is 0 Å². The topological polar surface area (TPSA) is 51.0 Å². The fourth-order valence-corrected chi connectivity index (χ4v) is 2.92. The van der Waals surface area contributed by atoms with Crippen LogP contribution in [0.4, 0.5) is 0 Å². The molecule has 0 radical (unpaired) electrons. The molecule has 2 aromatic heterocycles. The first kappa shape index (κ1) is 12.3. The van der Waals surface area contributed by atoms with Gasteiger partial charge in [-0.05, 0) is 32.4 Å². The lowest BCUT2D eigenvalue weighted by atomic mass is 10.1. The summed E-state index contributed by atoms with van der Waals surface area (Å²) in [4.78, 5) is 6.75. The predicted molar refractivity (Wildman–Crippen MR) is 68.2 cm³/mol. The van der Waals surface area contributed by atoms with E-state index in [1.807, 2.05) is 11.3 Å². The van der Waals surface area contributed by atoms with Gasteiger partial charge in [0, 0.05) is 28.8 Å². The highest BCUT2D eigenvalue weighted by Gasteiger charge is 2.10. The Hall–Kier alpha value is -1.20. The number of aryl methyl sites for hydroxylation is 2. The van der Waals surface area contributed by atoms with E-state index in [-0.39, 0.29) is 0 Å². The van der Waals surface area contributed by atoms with Crippen molar-refractivity contribution in [1.29, 1.82) is 0 Å². The van der Waals surface area contributed by atoms with Crippen LogP contribution in [0.2, 0.25) is 0 Å². The van der Waals surface area contributed by atoms with Crippen molar-refractivity contribution < 1.29 is 4.52 Å². The number of aromatic nitrogens is 2. The summed E-state index contributed by atoms with van der Waals surface area (Å²) in [5.41, 5.74) is 1.39. The first-order valence-electron chi connectivity index (χ1n) is 5.72. The van der Waals surface area contributed by atoms with Crippen LogP contribution in [-0.2, 0) is 6.42 Å². The van der Waals surface area contributed by atoms with Crippen LogP contribution in [0.25, 0.3) is 0 Å². The summed E-state index contributed by atoms with van der Waals surface area (Å²) in [6.07, 6.45) is 2.16. The van der Waals surface area contributed by atoms with Gasteiger partial charge >= 0.3 is 0 Å². The Morgan fingerprint density at radius 1 is 1.47 bits per heavy atom. The van der Waals surface area contributed by atoms with Crippen molar-refractivity contribution >= 4 is 11.3 Å². The van der Waals surface area contributed by atoms with Gasteiger partial charge in [-0.2, -0.15) is 4.98 Å². The molecule has 0 bridgehead atoms. The van der Waals surface area contributed by atoms with Crippen LogP contribution in [0, 0.1) is 13.8 Å². The maximum absolute atomic E-state index is 4.69. The summed E-state index contributed by atoms with van der Waals surface area (Å²) in [6, 6.07) is 2.62. The van der Waals surface area contributed by atoms with Crippen molar-refractivity contribution in [3.05, 3.63) is 33.6 Å². The molecule has 1 atom stereocenters. The summed E-state index contributed by atoms with van der Waals surface area (Å²) in [5.74, 6) is 0.753. The Bertz CT molecular complexity index is 464. The van der Waals surface area contributed by atoms with Gasteiger partial charge < -0.3 is 9.84 Å². The van der Waals surface area contributed by atoms with E-state index in [1.54, 1.807) is 0 Å². The van der Waals surface area contributed by atoms with Gasteiger partial charge in [-0.25, -0.2) is 0 Å². The fraction of sp³-hybridized carbons (Fsp3) is 0.500. The molecule has 0 amide bonds. The zero-order valence-corrected chi connectivity index (χ0v) is 11.2. The molecule has 17 heavy (non-hydrogen) atoms. The van der Waals surface area contributed by atoms with E-state index in [9.17, 15) is 0 Å². The van der Waals surface area contributed by atoms with Crippen LogP contribution < -0.4 is 5.32 Å². The molecule has 0 aliphatic heterocycles. The Morgan fingerprint density at radius 2 is 2.29 bits per heavy atom. The van der Waals surface area contributed by atoms with E-state index in [2.05, 4.69) is 42.3 Å². The van der Waals surface area contributed by atoms with Crippen molar-refractivity contribution in [3.63, 3.8) is 0 Å². The predicted octanol–water partition coefficient (Wildman–Crippen LogP) is 2.64. The zero-order valence-electron chi connectivity index (χ0n) is 10.4. The SMILES string of the molecule is Cc1cc(C(C)NCCc2ncon2)c(C)s1. The average molecular weight is 251 g/mol. The van der Waals surface area contributed by atoms with E-state index in [1.165, 1.54) is 21.7 Å². The van der Waals surface area contributed by atoms with Gasteiger partial charge in [0.25, 0.3) is 0 Å². The molecule has 0 saturated carbocycles. The minimum Gasteiger partial charge on any atom is -0.343 e. The molecule has 0 aliphatic rings. The molecule has 92 valence electrons. The molecule has 1 unspecified atom stereocenters. The Labute approximate surface area is 105 Å². The second-order valence-corrected chi connectivity index (χ2v) is 5.60. The van der Waals surface area contributed by atoms with Crippen molar-refractivity contribution in [2.24, 2.45) is 0 Å². The lowest BCUT2D eigenvalue weighted by Crippen LogP contribution is -2.21. The lowest BCUT2D eigenvalue weighted by Gasteiger charge is -2.12. The minimum atomic E-state index is 0.367. The highest BCUT2D eigenvalue weighted by molar-refractivity contribution is 7.12. The molecule has 2 aromatic rings. The summed E-state index contributed by atoms with van der Waals surface area (Å²) in [6.45, 7) is 7.36. The first-order chi connectivity index (χ1) is 8.16. The van der Waals surface area contributed by atoms with E-state index >= 15 is 0 Å². The van der Waals surface area contributed by atoms with Gasteiger partial charge in [-0.15, -0.1) is 11.3 Å². The van der Waals surface area contributed by atoms with Crippen molar-refractivity contribution in [2.45, 2.75) is 33.2 Å². The summed E-state index contributed by atoms with van der Waals surface area (Å²) < 4.78 is 4.69. The molecular weight excluding hydrogens is 234 g/mol. The maximum Gasteiger partial charge on any atom is 0.213 e. The van der Waals surface area contributed by atoms with Gasteiger partial charge in [0.15, 0.2) is 5.82 Å². The van der Waals surface area contributed by atoms with Crippen molar-refractivity contribution in [1.82, 2.24) is 15.5 Å². The smallest absolute Gasteiger partial charge is 0.213 e. The number of nitrogens with zero attached hydrogens (tertiary/aromatic N) is 2. The largest absolute Gasteiger partial charge is 0.343 e. The van der Waals surface area contributed by atoms with Crippen LogP contribution in [0.15, 0.2) is 17.0 Å². The van der Waals surface area contributed by atoms with Crippen molar-refractivity contribution in [2.75, 3.05) is 6.54 Å². The minimum absolute atomic E-state index is 0.367. The number of thiophene rings is 1. The number of rotatable bonds is 5.